The van der Waals surface area contributed by atoms with Gasteiger partial charge < -0.3 is 5.11 Å². The maximum absolute atomic E-state index is 11.7. The molecule has 0 aromatic heterocycles. The zero-order chi connectivity index (χ0) is 14.3. The van der Waals surface area contributed by atoms with Gasteiger partial charge in [-0.15, -0.1) is 0 Å². The molecule has 1 aliphatic rings. The van der Waals surface area contributed by atoms with Crippen molar-refractivity contribution < 1.29 is 9.90 Å². The quantitative estimate of drug-likeness (QED) is 0.816. The van der Waals surface area contributed by atoms with Gasteiger partial charge in [-0.05, 0) is 25.0 Å². The lowest BCUT2D eigenvalue weighted by Crippen LogP contribution is -2.31. The van der Waals surface area contributed by atoms with E-state index in [1.54, 1.807) is 0 Å². The third-order valence-electron chi connectivity index (χ3n) is 4.20. The van der Waals surface area contributed by atoms with Gasteiger partial charge in [-0.2, -0.15) is 0 Å². The number of carboxylic acids is 1. The van der Waals surface area contributed by atoms with Gasteiger partial charge in [-0.25, -0.2) is 0 Å². The second kappa shape index (κ2) is 7.14. The van der Waals surface area contributed by atoms with Crippen LogP contribution < -0.4 is 0 Å². The molecular formula is C18H22O2. The van der Waals surface area contributed by atoms with E-state index in [1.165, 1.54) is 6.42 Å². The summed E-state index contributed by atoms with van der Waals surface area (Å²) in [5.74, 6) is 5.54. The summed E-state index contributed by atoms with van der Waals surface area (Å²) in [7, 11) is 0. The van der Waals surface area contributed by atoms with Crippen LogP contribution in [0.4, 0.5) is 0 Å². The van der Waals surface area contributed by atoms with E-state index in [0.717, 1.165) is 44.1 Å². The summed E-state index contributed by atoms with van der Waals surface area (Å²) in [6.07, 6.45) is 7.58. The largest absolute Gasteiger partial charge is 0.481 e. The number of rotatable bonds is 2. The Morgan fingerprint density at radius 3 is 2.25 bits per heavy atom. The monoisotopic (exact) mass is 270 g/mol. The van der Waals surface area contributed by atoms with Crippen LogP contribution >= 0.6 is 0 Å². The molecule has 0 amide bonds. The smallest absolute Gasteiger partial charge is 0.310 e. The molecule has 0 atom stereocenters. The van der Waals surface area contributed by atoms with Crippen molar-refractivity contribution in [3.05, 3.63) is 35.9 Å². The lowest BCUT2D eigenvalue weighted by molar-refractivity contribution is -0.150. The van der Waals surface area contributed by atoms with E-state index in [-0.39, 0.29) is 0 Å². The number of hydrogen-bond acceptors (Lipinski definition) is 1. The molecule has 0 unspecified atom stereocenters. The van der Waals surface area contributed by atoms with E-state index in [2.05, 4.69) is 11.8 Å². The fourth-order valence-corrected chi connectivity index (χ4v) is 2.89. The van der Waals surface area contributed by atoms with Crippen LogP contribution in [0.1, 0.15) is 56.9 Å². The number of benzene rings is 1. The molecule has 0 heterocycles. The van der Waals surface area contributed by atoms with E-state index in [4.69, 9.17) is 0 Å². The van der Waals surface area contributed by atoms with E-state index >= 15 is 0 Å². The first kappa shape index (κ1) is 14.7. The van der Waals surface area contributed by atoms with E-state index in [0.29, 0.717) is 6.42 Å². The van der Waals surface area contributed by atoms with Crippen LogP contribution in [-0.4, -0.2) is 11.1 Å². The third kappa shape index (κ3) is 3.87. The van der Waals surface area contributed by atoms with Crippen LogP contribution in [0.3, 0.4) is 0 Å². The average molecular weight is 270 g/mol. The molecule has 1 aromatic rings. The Kier molecular flexibility index (Phi) is 5.24. The van der Waals surface area contributed by atoms with Gasteiger partial charge >= 0.3 is 5.97 Å². The minimum absolute atomic E-state index is 0.469. The zero-order valence-corrected chi connectivity index (χ0v) is 11.9. The maximum atomic E-state index is 11.7. The molecule has 2 nitrogen and oxygen atoms in total. The molecule has 1 fully saturated rings. The summed E-state index contributed by atoms with van der Waals surface area (Å²) in [6, 6.07) is 9.77. The molecule has 106 valence electrons. The molecule has 0 aliphatic heterocycles. The SMILES string of the molecule is O=C(O)C1(CC#Cc2ccccc2)CCCCCCC1. The van der Waals surface area contributed by atoms with Crippen LogP contribution in [0.25, 0.3) is 0 Å². The Morgan fingerprint density at radius 1 is 1.05 bits per heavy atom. The molecule has 1 saturated carbocycles. The summed E-state index contributed by atoms with van der Waals surface area (Å²) >= 11 is 0. The van der Waals surface area contributed by atoms with E-state index in [9.17, 15) is 9.90 Å². The minimum Gasteiger partial charge on any atom is -0.481 e. The van der Waals surface area contributed by atoms with Gasteiger partial charge in [0, 0.05) is 12.0 Å². The van der Waals surface area contributed by atoms with Gasteiger partial charge in [-0.3, -0.25) is 4.79 Å². The van der Waals surface area contributed by atoms with Crippen LogP contribution in [0.2, 0.25) is 0 Å². The molecule has 0 spiro atoms. The summed E-state index contributed by atoms with van der Waals surface area (Å²) in [6.45, 7) is 0. The van der Waals surface area contributed by atoms with Gasteiger partial charge in [-0.1, -0.05) is 62.1 Å². The van der Waals surface area contributed by atoms with E-state index < -0.39 is 11.4 Å². The molecule has 1 aliphatic carbocycles. The first-order valence-corrected chi connectivity index (χ1v) is 7.50. The van der Waals surface area contributed by atoms with Gasteiger partial charge in [0.15, 0.2) is 0 Å². The van der Waals surface area contributed by atoms with Gasteiger partial charge in [0.25, 0.3) is 0 Å². The van der Waals surface area contributed by atoms with Crippen LogP contribution in [-0.2, 0) is 4.79 Å². The first-order chi connectivity index (χ1) is 9.73. The fourth-order valence-electron chi connectivity index (χ4n) is 2.89. The molecule has 1 N–H and O–H groups in total. The topological polar surface area (TPSA) is 37.3 Å². The lowest BCUT2D eigenvalue weighted by Gasteiger charge is -2.29. The highest BCUT2D eigenvalue weighted by molar-refractivity contribution is 5.75. The number of aliphatic carboxylic acids is 1. The standard InChI is InChI=1S/C18H22O2/c19-17(20)18(13-7-2-1-3-8-14-18)15-9-12-16-10-5-4-6-11-16/h4-6,10-11H,1-3,7-8,13-15H2,(H,19,20). The highest BCUT2D eigenvalue weighted by Crippen LogP contribution is 2.37. The second-order valence-corrected chi connectivity index (χ2v) is 5.70. The van der Waals surface area contributed by atoms with Crippen molar-refractivity contribution in [2.75, 3.05) is 0 Å². The summed E-state index contributed by atoms with van der Waals surface area (Å²) in [5.41, 5.74) is 0.334. The summed E-state index contributed by atoms with van der Waals surface area (Å²) < 4.78 is 0. The Morgan fingerprint density at radius 2 is 1.65 bits per heavy atom. The average Bonchev–Trinajstić information content (AvgIpc) is 2.42. The predicted molar refractivity (Wildman–Crippen MR) is 80.3 cm³/mol. The van der Waals surface area contributed by atoms with Crippen LogP contribution in [0.15, 0.2) is 30.3 Å². The number of carbonyl (C=O) groups is 1. The van der Waals surface area contributed by atoms with Crippen molar-refractivity contribution in [3.8, 4) is 11.8 Å². The highest BCUT2D eigenvalue weighted by Gasteiger charge is 2.37. The third-order valence-corrected chi connectivity index (χ3v) is 4.20. The van der Waals surface area contributed by atoms with Gasteiger partial charge in [0.2, 0.25) is 0 Å². The molecule has 2 heteroatoms. The van der Waals surface area contributed by atoms with Crippen LogP contribution in [0, 0.1) is 17.3 Å². The highest BCUT2D eigenvalue weighted by atomic mass is 16.4. The normalized spacial score (nSPS) is 18.2. The molecule has 20 heavy (non-hydrogen) atoms. The summed E-state index contributed by atoms with van der Waals surface area (Å²) in [5, 5.41) is 9.64. The Balaban J connectivity index is 2.08. The van der Waals surface area contributed by atoms with E-state index in [1.807, 2.05) is 30.3 Å². The molecule has 0 saturated heterocycles. The Hall–Kier alpha value is -1.75. The minimum atomic E-state index is -0.665. The van der Waals surface area contributed by atoms with Crippen molar-refractivity contribution in [2.24, 2.45) is 5.41 Å². The molecule has 0 bridgehead atoms. The number of hydrogen-bond donors (Lipinski definition) is 1. The summed E-state index contributed by atoms with van der Waals surface area (Å²) in [4.78, 5) is 11.7. The first-order valence-electron chi connectivity index (χ1n) is 7.50. The van der Waals surface area contributed by atoms with Crippen molar-refractivity contribution in [1.29, 1.82) is 0 Å². The molecule has 2 rings (SSSR count). The lowest BCUT2D eigenvalue weighted by atomic mass is 9.74. The van der Waals surface area contributed by atoms with Crippen molar-refractivity contribution >= 4 is 5.97 Å². The van der Waals surface area contributed by atoms with Crippen molar-refractivity contribution in [2.45, 2.75) is 51.4 Å². The number of carboxylic acid groups (broad SMARTS) is 1. The van der Waals surface area contributed by atoms with Crippen molar-refractivity contribution in [1.82, 2.24) is 0 Å². The predicted octanol–water partition coefficient (Wildman–Crippen LogP) is 4.24. The zero-order valence-electron chi connectivity index (χ0n) is 11.9. The maximum Gasteiger partial charge on any atom is 0.310 e. The van der Waals surface area contributed by atoms with Gasteiger partial charge in [0.1, 0.15) is 0 Å². The second-order valence-electron chi connectivity index (χ2n) is 5.70. The Labute approximate surface area is 121 Å². The molecular weight excluding hydrogens is 248 g/mol. The van der Waals surface area contributed by atoms with Crippen LogP contribution in [0.5, 0.6) is 0 Å². The van der Waals surface area contributed by atoms with Gasteiger partial charge in [0.05, 0.1) is 5.41 Å². The molecule has 0 radical (unpaired) electrons. The Bertz CT molecular complexity index is 485. The fraction of sp³-hybridized carbons (Fsp3) is 0.500. The molecule has 1 aromatic carbocycles. The van der Waals surface area contributed by atoms with Crippen molar-refractivity contribution in [3.63, 3.8) is 0 Å².